The van der Waals surface area contributed by atoms with E-state index in [1.807, 2.05) is 0 Å². The Morgan fingerprint density at radius 2 is 1.88 bits per heavy atom. The molecule has 0 aliphatic carbocycles. The lowest BCUT2D eigenvalue weighted by Crippen LogP contribution is -2.28. The number of pyridine rings is 1. The van der Waals surface area contributed by atoms with Gasteiger partial charge in [0.2, 0.25) is 0 Å². The molecule has 0 spiro atoms. The molecule has 128 valence electrons. The van der Waals surface area contributed by atoms with Crippen molar-refractivity contribution in [3.05, 3.63) is 53.9 Å². The van der Waals surface area contributed by atoms with Crippen LogP contribution in [0.15, 0.2) is 42.7 Å². The van der Waals surface area contributed by atoms with Crippen LogP contribution in [0.2, 0.25) is 0 Å². The lowest BCUT2D eigenvalue weighted by atomic mass is 10.2. The van der Waals surface area contributed by atoms with Gasteiger partial charge in [0, 0.05) is 12.7 Å². The number of nitrogens with zero attached hydrogens (tertiary/aromatic N) is 1. The van der Waals surface area contributed by atoms with E-state index in [1.165, 1.54) is 19.2 Å². The first-order chi connectivity index (χ1) is 11.4. The summed E-state index contributed by atoms with van der Waals surface area (Å²) in [6, 6.07) is 5.86. The quantitative estimate of drug-likeness (QED) is 0.878. The van der Waals surface area contributed by atoms with E-state index < -0.39 is 17.6 Å². The summed E-state index contributed by atoms with van der Waals surface area (Å²) >= 11 is 0. The highest BCUT2D eigenvalue weighted by molar-refractivity contribution is 5.77. The van der Waals surface area contributed by atoms with Crippen LogP contribution in [-0.4, -0.2) is 24.6 Å². The van der Waals surface area contributed by atoms with E-state index >= 15 is 0 Å². The Bertz CT molecular complexity index is 688. The van der Waals surface area contributed by atoms with Crippen molar-refractivity contribution in [3.8, 4) is 11.5 Å². The molecule has 0 aliphatic rings. The van der Waals surface area contributed by atoms with Gasteiger partial charge < -0.3 is 14.8 Å². The Hall–Kier alpha value is -2.77. The number of aromatic nitrogens is 1. The van der Waals surface area contributed by atoms with Crippen molar-refractivity contribution in [2.75, 3.05) is 13.7 Å². The number of hydrogen-bond acceptors (Lipinski definition) is 4. The maximum atomic E-state index is 12.4. The Kier molecular flexibility index (Phi) is 5.62. The zero-order valence-electron chi connectivity index (χ0n) is 12.8. The molecular formula is C16H15F3N2O3. The van der Waals surface area contributed by atoms with Crippen LogP contribution in [0, 0.1) is 0 Å². The number of rotatable bonds is 6. The van der Waals surface area contributed by atoms with Gasteiger partial charge in [0.25, 0.3) is 5.91 Å². The van der Waals surface area contributed by atoms with Crippen LogP contribution in [0.1, 0.15) is 11.1 Å². The van der Waals surface area contributed by atoms with E-state index in [4.69, 9.17) is 9.47 Å². The van der Waals surface area contributed by atoms with Gasteiger partial charge in [0.1, 0.15) is 11.5 Å². The van der Waals surface area contributed by atoms with Crippen LogP contribution in [-0.2, 0) is 17.5 Å². The lowest BCUT2D eigenvalue weighted by molar-refractivity contribution is -0.137. The minimum absolute atomic E-state index is 0.182. The molecule has 0 aliphatic heterocycles. The van der Waals surface area contributed by atoms with Gasteiger partial charge in [-0.2, -0.15) is 13.2 Å². The van der Waals surface area contributed by atoms with E-state index in [0.29, 0.717) is 5.75 Å². The Morgan fingerprint density at radius 1 is 1.17 bits per heavy atom. The van der Waals surface area contributed by atoms with E-state index in [1.54, 1.807) is 18.5 Å². The van der Waals surface area contributed by atoms with Gasteiger partial charge >= 0.3 is 6.18 Å². The molecule has 1 amide bonds. The fraction of sp³-hybridized carbons (Fsp3) is 0.250. The summed E-state index contributed by atoms with van der Waals surface area (Å²) in [5.74, 6) is 0.349. The monoisotopic (exact) mass is 340 g/mol. The molecule has 8 heteroatoms. The fourth-order valence-corrected chi connectivity index (χ4v) is 1.81. The predicted octanol–water partition coefficient (Wildman–Crippen LogP) is 2.80. The number of methoxy groups -OCH3 is 1. The third kappa shape index (κ3) is 5.15. The average molecular weight is 340 g/mol. The molecule has 1 aromatic heterocycles. The summed E-state index contributed by atoms with van der Waals surface area (Å²) in [4.78, 5) is 15.7. The van der Waals surface area contributed by atoms with Gasteiger partial charge in [0.15, 0.2) is 6.61 Å². The average Bonchev–Trinajstić information content (AvgIpc) is 2.58. The summed E-state index contributed by atoms with van der Waals surface area (Å²) in [7, 11) is 1.51. The molecule has 1 aromatic carbocycles. The third-order valence-electron chi connectivity index (χ3n) is 3.05. The van der Waals surface area contributed by atoms with Gasteiger partial charge in [-0.3, -0.25) is 9.78 Å². The molecular weight excluding hydrogens is 325 g/mol. The molecule has 0 bridgehead atoms. The second kappa shape index (κ2) is 7.67. The number of ether oxygens (including phenoxy) is 2. The van der Waals surface area contributed by atoms with Crippen molar-refractivity contribution < 1.29 is 27.4 Å². The first-order valence-corrected chi connectivity index (χ1v) is 6.93. The van der Waals surface area contributed by atoms with E-state index in [2.05, 4.69) is 10.3 Å². The Balaban J connectivity index is 1.80. The number of amides is 1. The summed E-state index contributed by atoms with van der Waals surface area (Å²) < 4.78 is 47.5. The standard InChI is InChI=1S/C16H15F3N2O3/c1-23-14-6-11(7-20-9-14)8-21-15(22)10-24-13-4-2-12(3-5-13)16(17,18)19/h2-7,9H,8,10H2,1H3,(H,21,22). The van der Waals surface area contributed by atoms with Crippen molar-refractivity contribution in [2.45, 2.75) is 12.7 Å². The zero-order valence-corrected chi connectivity index (χ0v) is 12.8. The maximum Gasteiger partial charge on any atom is 0.416 e. The number of carbonyl (C=O) groups excluding carboxylic acids is 1. The summed E-state index contributed by atoms with van der Waals surface area (Å²) in [5, 5.41) is 2.62. The topological polar surface area (TPSA) is 60.5 Å². The number of alkyl halides is 3. The highest BCUT2D eigenvalue weighted by Crippen LogP contribution is 2.30. The minimum Gasteiger partial charge on any atom is -0.495 e. The second-order valence-corrected chi connectivity index (χ2v) is 4.82. The van der Waals surface area contributed by atoms with Crippen molar-refractivity contribution >= 4 is 5.91 Å². The number of carbonyl (C=O) groups is 1. The van der Waals surface area contributed by atoms with Crippen molar-refractivity contribution in [1.82, 2.24) is 10.3 Å². The van der Waals surface area contributed by atoms with Gasteiger partial charge in [-0.15, -0.1) is 0 Å². The minimum atomic E-state index is -4.40. The van der Waals surface area contributed by atoms with Gasteiger partial charge in [0.05, 0.1) is 18.9 Å². The first-order valence-electron chi connectivity index (χ1n) is 6.93. The van der Waals surface area contributed by atoms with E-state index in [9.17, 15) is 18.0 Å². The molecule has 1 heterocycles. The van der Waals surface area contributed by atoms with Crippen molar-refractivity contribution in [2.24, 2.45) is 0 Å². The molecule has 0 radical (unpaired) electrons. The molecule has 24 heavy (non-hydrogen) atoms. The largest absolute Gasteiger partial charge is 0.495 e. The number of nitrogens with one attached hydrogen (secondary N) is 1. The van der Waals surface area contributed by atoms with Gasteiger partial charge in [-0.05, 0) is 35.9 Å². The lowest BCUT2D eigenvalue weighted by Gasteiger charge is -2.10. The Labute approximate surface area is 136 Å². The molecule has 0 unspecified atom stereocenters. The number of halogens is 3. The van der Waals surface area contributed by atoms with Gasteiger partial charge in [-0.25, -0.2) is 0 Å². The van der Waals surface area contributed by atoms with E-state index in [0.717, 1.165) is 17.7 Å². The maximum absolute atomic E-state index is 12.4. The molecule has 0 saturated heterocycles. The first kappa shape index (κ1) is 17.6. The smallest absolute Gasteiger partial charge is 0.416 e. The number of hydrogen-bond donors (Lipinski definition) is 1. The molecule has 1 N–H and O–H groups in total. The van der Waals surface area contributed by atoms with Crippen molar-refractivity contribution in [3.63, 3.8) is 0 Å². The predicted molar refractivity (Wildman–Crippen MR) is 79.6 cm³/mol. The molecule has 5 nitrogen and oxygen atoms in total. The van der Waals surface area contributed by atoms with Gasteiger partial charge in [-0.1, -0.05) is 0 Å². The fourth-order valence-electron chi connectivity index (χ4n) is 1.81. The number of benzene rings is 1. The molecule has 0 fully saturated rings. The van der Waals surface area contributed by atoms with Crippen molar-refractivity contribution in [1.29, 1.82) is 0 Å². The summed E-state index contributed by atoms with van der Waals surface area (Å²) in [6.07, 6.45) is -1.28. The van der Waals surface area contributed by atoms with Crippen LogP contribution in [0.4, 0.5) is 13.2 Å². The molecule has 0 atom stereocenters. The highest BCUT2D eigenvalue weighted by Gasteiger charge is 2.30. The SMILES string of the molecule is COc1cncc(CNC(=O)COc2ccc(C(F)(F)F)cc2)c1. The highest BCUT2D eigenvalue weighted by atomic mass is 19.4. The summed E-state index contributed by atoms with van der Waals surface area (Å²) in [5.41, 5.74) is -0.0259. The zero-order chi connectivity index (χ0) is 17.6. The summed E-state index contributed by atoms with van der Waals surface area (Å²) in [6.45, 7) is -0.0673. The second-order valence-electron chi connectivity index (χ2n) is 4.82. The molecule has 2 rings (SSSR count). The third-order valence-corrected chi connectivity index (χ3v) is 3.05. The van der Waals surface area contributed by atoms with Crippen LogP contribution in [0.5, 0.6) is 11.5 Å². The molecule has 2 aromatic rings. The van der Waals surface area contributed by atoms with Crippen LogP contribution in [0.3, 0.4) is 0 Å². The normalized spacial score (nSPS) is 11.0. The van der Waals surface area contributed by atoms with Crippen LogP contribution >= 0.6 is 0 Å². The molecule has 0 saturated carbocycles. The van der Waals surface area contributed by atoms with Crippen LogP contribution < -0.4 is 14.8 Å². The Morgan fingerprint density at radius 3 is 2.50 bits per heavy atom. The van der Waals surface area contributed by atoms with Crippen LogP contribution in [0.25, 0.3) is 0 Å². The van der Waals surface area contributed by atoms with E-state index in [-0.39, 0.29) is 18.9 Å².